The zero-order chi connectivity index (χ0) is 15.2. The maximum atomic E-state index is 9.95. The third kappa shape index (κ3) is 4.81. The number of hydrogen-bond acceptors (Lipinski definition) is 9. The van der Waals surface area contributed by atoms with Gasteiger partial charge in [-0.05, 0) is 0 Å². The van der Waals surface area contributed by atoms with Gasteiger partial charge in [-0.3, -0.25) is 9.80 Å². The van der Waals surface area contributed by atoms with Crippen molar-refractivity contribution in [2.75, 3.05) is 52.6 Å². The average molecular weight is 308 g/mol. The Morgan fingerprint density at radius 1 is 0.667 bits per heavy atom. The number of ether oxygens (including phenoxy) is 3. The molecule has 124 valence electrons. The zero-order valence-corrected chi connectivity index (χ0v) is 11.9. The highest BCUT2D eigenvalue weighted by Crippen LogP contribution is 2.12. The molecular formula is C12H24N2O7. The molecule has 0 spiro atoms. The second-order valence-corrected chi connectivity index (χ2v) is 5.04. The second kappa shape index (κ2) is 8.32. The predicted molar refractivity (Wildman–Crippen MR) is 69.9 cm³/mol. The van der Waals surface area contributed by atoms with Crippen molar-refractivity contribution < 1.29 is 34.6 Å². The Labute approximate surface area is 123 Å². The summed E-state index contributed by atoms with van der Waals surface area (Å²) in [5.41, 5.74) is 0. The molecule has 4 N–H and O–H groups in total. The van der Waals surface area contributed by atoms with E-state index in [1.165, 1.54) is 0 Å². The second-order valence-electron chi connectivity index (χ2n) is 5.04. The summed E-state index contributed by atoms with van der Waals surface area (Å²) in [6.07, 6.45) is -5.79. The smallest absolute Gasteiger partial charge is 0.198 e. The number of rotatable bonds is 6. The van der Waals surface area contributed by atoms with Crippen molar-refractivity contribution in [1.29, 1.82) is 0 Å². The van der Waals surface area contributed by atoms with Crippen LogP contribution in [0.4, 0.5) is 0 Å². The van der Waals surface area contributed by atoms with E-state index in [1.807, 2.05) is 0 Å². The van der Waals surface area contributed by atoms with E-state index in [4.69, 9.17) is 14.2 Å². The lowest BCUT2D eigenvalue weighted by atomic mass is 10.3. The van der Waals surface area contributed by atoms with Crippen LogP contribution in [0.1, 0.15) is 0 Å². The quantitative estimate of drug-likeness (QED) is 0.380. The van der Waals surface area contributed by atoms with Gasteiger partial charge in [-0.25, -0.2) is 0 Å². The van der Waals surface area contributed by atoms with Crippen LogP contribution in [0.25, 0.3) is 0 Å². The number of morpholine rings is 2. The molecule has 0 bridgehead atoms. The first-order chi connectivity index (χ1) is 10.1. The summed E-state index contributed by atoms with van der Waals surface area (Å²) in [6, 6.07) is 0. The first kappa shape index (κ1) is 17.0. The van der Waals surface area contributed by atoms with Gasteiger partial charge in [0, 0.05) is 26.2 Å². The summed E-state index contributed by atoms with van der Waals surface area (Å²) < 4.78 is 15.2. The minimum absolute atomic E-state index is 0.461. The Kier molecular flexibility index (Phi) is 6.74. The molecule has 2 aliphatic rings. The van der Waals surface area contributed by atoms with Gasteiger partial charge >= 0.3 is 0 Å². The molecule has 9 heteroatoms. The van der Waals surface area contributed by atoms with Crippen LogP contribution in [-0.4, -0.2) is 108 Å². The molecule has 0 aliphatic carbocycles. The van der Waals surface area contributed by atoms with Crippen molar-refractivity contribution in [3.63, 3.8) is 0 Å². The minimum Gasteiger partial charge on any atom is -0.379 e. The Morgan fingerprint density at radius 2 is 1.00 bits per heavy atom. The Balaban J connectivity index is 1.78. The van der Waals surface area contributed by atoms with E-state index in [2.05, 4.69) is 0 Å². The van der Waals surface area contributed by atoms with Gasteiger partial charge in [-0.1, -0.05) is 0 Å². The number of nitrogens with zero attached hydrogens (tertiary/aromatic N) is 2. The highest BCUT2D eigenvalue weighted by Gasteiger charge is 2.32. The van der Waals surface area contributed by atoms with E-state index in [9.17, 15) is 20.4 Å². The van der Waals surface area contributed by atoms with Crippen molar-refractivity contribution in [1.82, 2.24) is 9.80 Å². The average Bonchev–Trinajstić information content (AvgIpc) is 2.55. The molecule has 2 rings (SSSR count). The van der Waals surface area contributed by atoms with Crippen LogP contribution in [-0.2, 0) is 14.2 Å². The molecule has 0 aromatic rings. The van der Waals surface area contributed by atoms with Crippen LogP contribution in [0.2, 0.25) is 0 Å². The van der Waals surface area contributed by atoms with E-state index < -0.39 is 25.0 Å². The number of hydrogen-bond donors (Lipinski definition) is 4. The van der Waals surface area contributed by atoms with Gasteiger partial charge in [0.25, 0.3) is 0 Å². The minimum atomic E-state index is -1.62. The lowest BCUT2D eigenvalue weighted by molar-refractivity contribution is -0.305. The van der Waals surface area contributed by atoms with Crippen molar-refractivity contribution in [2.24, 2.45) is 0 Å². The van der Waals surface area contributed by atoms with Gasteiger partial charge in [0.2, 0.25) is 0 Å². The molecule has 2 fully saturated rings. The number of aliphatic hydroxyl groups is 4. The van der Waals surface area contributed by atoms with Crippen LogP contribution >= 0.6 is 0 Å². The maximum absolute atomic E-state index is 9.95. The van der Waals surface area contributed by atoms with Crippen LogP contribution in [0.3, 0.4) is 0 Å². The normalized spacial score (nSPS) is 28.0. The van der Waals surface area contributed by atoms with Gasteiger partial charge < -0.3 is 34.6 Å². The molecule has 2 heterocycles. The topological polar surface area (TPSA) is 115 Å². The zero-order valence-electron chi connectivity index (χ0n) is 11.9. The van der Waals surface area contributed by atoms with Crippen LogP contribution in [0, 0.1) is 0 Å². The van der Waals surface area contributed by atoms with Gasteiger partial charge in [0.1, 0.15) is 0 Å². The van der Waals surface area contributed by atoms with E-state index in [0.29, 0.717) is 52.6 Å². The monoisotopic (exact) mass is 308 g/mol. The summed E-state index contributed by atoms with van der Waals surface area (Å²) in [6.45, 7) is 3.69. The molecule has 2 aliphatic heterocycles. The van der Waals surface area contributed by atoms with Gasteiger partial charge in [0.05, 0.1) is 26.4 Å². The van der Waals surface area contributed by atoms with E-state index in [-0.39, 0.29) is 0 Å². The molecule has 0 radical (unpaired) electrons. The molecule has 2 saturated heterocycles. The van der Waals surface area contributed by atoms with Crippen molar-refractivity contribution in [3.8, 4) is 0 Å². The maximum Gasteiger partial charge on any atom is 0.198 e. The molecule has 0 amide bonds. The molecule has 21 heavy (non-hydrogen) atoms. The summed E-state index contributed by atoms with van der Waals surface area (Å²) in [7, 11) is 0. The predicted octanol–water partition coefficient (Wildman–Crippen LogP) is -3.06. The fourth-order valence-corrected chi connectivity index (χ4v) is 2.33. The van der Waals surface area contributed by atoms with Gasteiger partial charge in [-0.2, -0.15) is 0 Å². The summed E-state index contributed by atoms with van der Waals surface area (Å²) in [5, 5.41) is 39.5. The molecule has 4 unspecified atom stereocenters. The standard InChI is InChI=1S/C12H24N2O7/c15-9(13-1-5-19-6-2-13)11(17)21-12(18)10(16)14-3-7-20-8-4-14/h9-12,15-18H,1-8H2. The highest BCUT2D eigenvalue weighted by molar-refractivity contribution is 4.71. The molecule has 9 nitrogen and oxygen atoms in total. The fourth-order valence-electron chi connectivity index (χ4n) is 2.33. The van der Waals surface area contributed by atoms with Gasteiger partial charge in [0.15, 0.2) is 25.0 Å². The summed E-state index contributed by atoms with van der Waals surface area (Å²) in [5.74, 6) is 0. The summed E-state index contributed by atoms with van der Waals surface area (Å²) in [4.78, 5) is 3.17. The Bertz CT molecular complexity index is 269. The number of aliphatic hydroxyl groups excluding tert-OH is 4. The highest BCUT2D eigenvalue weighted by atomic mass is 16.7. The van der Waals surface area contributed by atoms with E-state index >= 15 is 0 Å². The lowest BCUT2D eigenvalue weighted by Gasteiger charge is -2.36. The van der Waals surface area contributed by atoms with Crippen molar-refractivity contribution in [2.45, 2.75) is 25.0 Å². The van der Waals surface area contributed by atoms with Crippen LogP contribution in [0.5, 0.6) is 0 Å². The largest absolute Gasteiger partial charge is 0.379 e. The third-order valence-corrected chi connectivity index (χ3v) is 3.63. The molecule has 0 aromatic carbocycles. The SMILES string of the molecule is OC(OC(O)C(O)N1CCOCC1)C(O)N1CCOCC1. The lowest BCUT2D eigenvalue weighted by Crippen LogP contribution is -2.54. The molecule has 0 aromatic heterocycles. The molecule has 4 atom stereocenters. The molecular weight excluding hydrogens is 284 g/mol. The van der Waals surface area contributed by atoms with Crippen molar-refractivity contribution in [3.05, 3.63) is 0 Å². The van der Waals surface area contributed by atoms with Gasteiger partial charge in [-0.15, -0.1) is 0 Å². The van der Waals surface area contributed by atoms with Crippen molar-refractivity contribution >= 4 is 0 Å². The first-order valence-electron chi connectivity index (χ1n) is 7.11. The Hall–Kier alpha value is -0.360. The third-order valence-electron chi connectivity index (χ3n) is 3.63. The molecule has 0 saturated carbocycles. The van der Waals surface area contributed by atoms with E-state index in [1.54, 1.807) is 9.80 Å². The van der Waals surface area contributed by atoms with Crippen LogP contribution in [0.15, 0.2) is 0 Å². The first-order valence-corrected chi connectivity index (χ1v) is 7.11. The van der Waals surface area contributed by atoms with Crippen LogP contribution < -0.4 is 0 Å². The van der Waals surface area contributed by atoms with E-state index in [0.717, 1.165) is 0 Å². The summed E-state index contributed by atoms with van der Waals surface area (Å²) >= 11 is 0. The fraction of sp³-hybridized carbons (Fsp3) is 1.00. The Morgan fingerprint density at radius 3 is 1.33 bits per heavy atom.